The van der Waals surface area contributed by atoms with Crippen LogP contribution in [0.4, 0.5) is 11.4 Å². The van der Waals surface area contributed by atoms with Crippen LogP contribution in [0.25, 0.3) is 0 Å². The van der Waals surface area contributed by atoms with Gasteiger partial charge in [-0.3, -0.25) is 19.2 Å². The standard InChI is InChI=1S/C15H21N3O5S/c1-12-5-4-8-16(10-12)15(19)11-17(24(2,22)23)13-6-3-7-14(9-13)18(20)21/h3,6-7,9,12H,4-5,8,10-11H2,1-2H3. The van der Waals surface area contributed by atoms with Gasteiger partial charge in [-0.05, 0) is 24.8 Å². The van der Waals surface area contributed by atoms with E-state index in [9.17, 15) is 23.3 Å². The number of rotatable bonds is 5. The highest BCUT2D eigenvalue weighted by Gasteiger charge is 2.27. The summed E-state index contributed by atoms with van der Waals surface area (Å²) >= 11 is 0. The fraction of sp³-hybridized carbons (Fsp3) is 0.533. The number of amides is 1. The Bertz CT molecular complexity index is 734. The minimum Gasteiger partial charge on any atom is -0.341 e. The molecule has 2 rings (SSSR count). The van der Waals surface area contributed by atoms with Crippen LogP contribution < -0.4 is 4.31 Å². The number of non-ortho nitro benzene ring substituents is 1. The topological polar surface area (TPSA) is 101 Å². The molecule has 1 aromatic rings. The second-order valence-electron chi connectivity index (χ2n) is 6.13. The summed E-state index contributed by atoms with van der Waals surface area (Å²) in [6, 6.07) is 5.28. The first-order valence-electron chi connectivity index (χ1n) is 7.68. The number of benzene rings is 1. The van der Waals surface area contributed by atoms with Gasteiger partial charge in [-0.1, -0.05) is 13.0 Å². The quantitative estimate of drug-likeness (QED) is 0.590. The third kappa shape index (κ3) is 4.44. The molecule has 0 bridgehead atoms. The summed E-state index contributed by atoms with van der Waals surface area (Å²) in [6.45, 7) is 2.90. The van der Waals surface area contributed by atoms with Gasteiger partial charge in [-0.15, -0.1) is 0 Å². The highest BCUT2D eigenvalue weighted by Crippen LogP contribution is 2.24. The van der Waals surface area contributed by atoms with Crippen LogP contribution in [0.1, 0.15) is 19.8 Å². The lowest BCUT2D eigenvalue weighted by Gasteiger charge is -2.32. The van der Waals surface area contributed by atoms with Crippen molar-refractivity contribution in [2.24, 2.45) is 5.92 Å². The molecule has 1 aliphatic heterocycles. The van der Waals surface area contributed by atoms with Crippen molar-refractivity contribution in [2.75, 3.05) is 30.2 Å². The van der Waals surface area contributed by atoms with E-state index >= 15 is 0 Å². The molecule has 24 heavy (non-hydrogen) atoms. The van der Waals surface area contributed by atoms with Crippen molar-refractivity contribution < 1.29 is 18.1 Å². The lowest BCUT2D eigenvalue weighted by molar-refractivity contribution is -0.384. The smallest absolute Gasteiger partial charge is 0.271 e. The summed E-state index contributed by atoms with van der Waals surface area (Å²) in [7, 11) is -3.74. The predicted molar refractivity (Wildman–Crippen MR) is 90.3 cm³/mol. The van der Waals surface area contributed by atoms with Gasteiger partial charge >= 0.3 is 0 Å². The van der Waals surface area contributed by atoms with E-state index in [1.807, 2.05) is 6.92 Å². The Hall–Kier alpha value is -2.16. The van der Waals surface area contributed by atoms with Gasteiger partial charge < -0.3 is 4.90 Å². The van der Waals surface area contributed by atoms with E-state index < -0.39 is 14.9 Å². The molecule has 1 unspecified atom stereocenters. The van der Waals surface area contributed by atoms with Crippen LogP contribution in [-0.4, -0.2) is 50.0 Å². The number of nitro groups is 1. The molecular formula is C15H21N3O5S. The molecule has 0 N–H and O–H groups in total. The second-order valence-corrected chi connectivity index (χ2v) is 8.04. The van der Waals surface area contributed by atoms with Gasteiger partial charge in [0.05, 0.1) is 16.9 Å². The van der Waals surface area contributed by atoms with E-state index in [0.29, 0.717) is 19.0 Å². The lowest BCUT2D eigenvalue weighted by atomic mass is 10.0. The first-order valence-corrected chi connectivity index (χ1v) is 9.53. The molecule has 1 amide bonds. The first-order chi connectivity index (χ1) is 11.2. The van der Waals surface area contributed by atoms with Crippen molar-refractivity contribution in [2.45, 2.75) is 19.8 Å². The number of sulfonamides is 1. The number of likely N-dealkylation sites (tertiary alicyclic amines) is 1. The maximum absolute atomic E-state index is 12.5. The van der Waals surface area contributed by atoms with E-state index in [1.54, 1.807) is 4.90 Å². The zero-order valence-electron chi connectivity index (χ0n) is 13.7. The molecule has 132 valence electrons. The molecule has 1 heterocycles. The molecule has 9 heteroatoms. The Morgan fingerprint density at radius 3 is 2.75 bits per heavy atom. The minimum absolute atomic E-state index is 0.116. The molecule has 0 spiro atoms. The van der Waals surface area contributed by atoms with E-state index in [-0.39, 0.29) is 23.8 Å². The summed E-state index contributed by atoms with van der Waals surface area (Å²) in [6.07, 6.45) is 2.92. The van der Waals surface area contributed by atoms with Crippen molar-refractivity contribution in [1.82, 2.24) is 4.90 Å². The lowest BCUT2D eigenvalue weighted by Crippen LogP contribution is -2.46. The molecule has 1 fully saturated rings. The molecule has 1 saturated heterocycles. The number of hydrogen-bond acceptors (Lipinski definition) is 5. The van der Waals surface area contributed by atoms with E-state index in [0.717, 1.165) is 29.5 Å². The second kappa shape index (κ2) is 7.16. The van der Waals surface area contributed by atoms with Gasteiger partial charge in [-0.25, -0.2) is 8.42 Å². The van der Waals surface area contributed by atoms with Crippen LogP contribution >= 0.6 is 0 Å². The third-order valence-corrected chi connectivity index (χ3v) is 5.16. The largest absolute Gasteiger partial charge is 0.341 e. The Morgan fingerprint density at radius 1 is 1.46 bits per heavy atom. The van der Waals surface area contributed by atoms with Crippen LogP contribution in [0.5, 0.6) is 0 Å². The Balaban J connectivity index is 2.25. The van der Waals surface area contributed by atoms with Crippen molar-refractivity contribution in [3.05, 3.63) is 34.4 Å². The number of piperidine rings is 1. The minimum atomic E-state index is -3.74. The van der Waals surface area contributed by atoms with Gasteiger partial charge in [0.1, 0.15) is 6.54 Å². The van der Waals surface area contributed by atoms with Crippen LogP contribution in [0.15, 0.2) is 24.3 Å². The molecular weight excluding hydrogens is 334 g/mol. The Labute approximate surface area is 141 Å². The van der Waals surface area contributed by atoms with E-state index in [2.05, 4.69) is 0 Å². The normalized spacial score (nSPS) is 18.2. The fourth-order valence-electron chi connectivity index (χ4n) is 2.80. The number of carbonyl (C=O) groups is 1. The average Bonchev–Trinajstić information content (AvgIpc) is 2.51. The van der Waals surface area contributed by atoms with Crippen LogP contribution in [0.2, 0.25) is 0 Å². The highest BCUT2D eigenvalue weighted by molar-refractivity contribution is 7.92. The maximum atomic E-state index is 12.5. The predicted octanol–water partition coefficient (Wildman–Crippen LogP) is 1.62. The number of nitro benzene ring substituents is 1. The molecule has 0 radical (unpaired) electrons. The van der Waals surface area contributed by atoms with Crippen LogP contribution in [-0.2, 0) is 14.8 Å². The average molecular weight is 355 g/mol. The van der Waals surface area contributed by atoms with Crippen molar-refractivity contribution in [1.29, 1.82) is 0 Å². The fourth-order valence-corrected chi connectivity index (χ4v) is 3.64. The Morgan fingerprint density at radius 2 is 2.17 bits per heavy atom. The SMILES string of the molecule is CC1CCCN(C(=O)CN(c2cccc([N+](=O)[O-])c2)S(C)(=O)=O)C1. The van der Waals surface area contributed by atoms with Crippen LogP contribution in [0, 0.1) is 16.0 Å². The first kappa shape index (κ1) is 18.2. The summed E-state index contributed by atoms with van der Waals surface area (Å²) < 4.78 is 25.1. The Kier molecular flexibility index (Phi) is 5.43. The number of nitrogens with zero attached hydrogens (tertiary/aromatic N) is 3. The summed E-state index contributed by atoms with van der Waals surface area (Å²) in [4.78, 5) is 24.4. The van der Waals surface area contributed by atoms with Crippen molar-refractivity contribution in [3.8, 4) is 0 Å². The van der Waals surface area contributed by atoms with Crippen molar-refractivity contribution >= 4 is 27.3 Å². The molecule has 0 aromatic heterocycles. The van der Waals surface area contributed by atoms with Gasteiger partial charge in [0, 0.05) is 25.2 Å². The van der Waals surface area contributed by atoms with E-state index in [4.69, 9.17) is 0 Å². The molecule has 0 saturated carbocycles. The zero-order chi connectivity index (χ0) is 17.9. The van der Waals surface area contributed by atoms with Crippen LogP contribution in [0.3, 0.4) is 0 Å². The van der Waals surface area contributed by atoms with E-state index in [1.165, 1.54) is 18.2 Å². The number of anilines is 1. The molecule has 0 aliphatic carbocycles. The zero-order valence-corrected chi connectivity index (χ0v) is 14.5. The van der Waals surface area contributed by atoms with Crippen molar-refractivity contribution in [3.63, 3.8) is 0 Å². The van der Waals surface area contributed by atoms with Gasteiger partial charge in [-0.2, -0.15) is 0 Å². The highest BCUT2D eigenvalue weighted by atomic mass is 32.2. The van der Waals surface area contributed by atoms with Gasteiger partial charge in [0.2, 0.25) is 15.9 Å². The van der Waals surface area contributed by atoms with Gasteiger partial charge in [0.15, 0.2) is 0 Å². The third-order valence-electron chi connectivity index (χ3n) is 4.02. The summed E-state index contributed by atoms with van der Waals surface area (Å²) in [5.74, 6) is 0.0886. The molecule has 1 aliphatic rings. The van der Waals surface area contributed by atoms with Gasteiger partial charge in [0.25, 0.3) is 5.69 Å². The monoisotopic (exact) mass is 355 g/mol. The summed E-state index contributed by atoms with van der Waals surface area (Å²) in [5.41, 5.74) is -0.106. The molecule has 1 atom stereocenters. The number of carbonyl (C=O) groups excluding carboxylic acids is 1. The molecule has 1 aromatic carbocycles. The number of hydrogen-bond donors (Lipinski definition) is 0. The molecule has 8 nitrogen and oxygen atoms in total. The maximum Gasteiger partial charge on any atom is 0.271 e. The summed E-state index contributed by atoms with van der Waals surface area (Å²) in [5, 5.41) is 10.9.